The van der Waals surface area contributed by atoms with Crippen molar-refractivity contribution in [2.45, 2.75) is 13.0 Å². The van der Waals surface area contributed by atoms with E-state index in [1.165, 1.54) is 88.1 Å². The third-order valence-electron chi connectivity index (χ3n) is 12.1. The molecule has 0 saturated carbocycles. The van der Waals surface area contributed by atoms with E-state index in [0.29, 0.717) is 0 Å². The Morgan fingerprint density at radius 3 is 1.46 bits per heavy atom. The topological polar surface area (TPSA) is 9.86 Å². The molecule has 57 heavy (non-hydrogen) atoms. The van der Waals surface area contributed by atoms with Crippen LogP contribution in [0.5, 0.6) is 0 Å². The van der Waals surface area contributed by atoms with Crippen LogP contribution in [0.2, 0.25) is 0 Å². The zero-order valence-corrected chi connectivity index (χ0v) is 31.8. The normalized spacial score (nSPS) is 15.7. The Labute approximate surface area is 332 Å². The van der Waals surface area contributed by atoms with Crippen LogP contribution in [-0.2, 0) is 0 Å². The molecule has 0 N–H and O–H groups in total. The van der Waals surface area contributed by atoms with Crippen molar-refractivity contribution >= 4 is 54.8 Å². The van der Waals surface area contributed by atoms with Crippen molar-refractivity contribution in [3.63, 3.8) is 0 Å². The number of fused-ring (bicyclic) bond motifs is 6. The molecular weight excluding hydrogens is 689 g/mol. The van der Waals surface area contributed by atoms with Gasteiger partial charge in [0.05, 0.1) is 22.6 Å². The molecule has 0 amide bonds. The average Bonchev–Trinajstić information content (AvgIpc) is 3.78. The molecule has 0 fully saturated rings. The van der Waals surface area contributed by atoms with E-state index in [1.807, 2.05) is 0 Å². The fourth-order valence-corrected chi connectivity index (χ4v) is 9.34. The summed E-state index contributed by atoms with van der Waals surface area (Å²) in [6.45, 7) is 2.40. The average molecular weight is 729 g/mol. The third kappa shape index (κ3) is 5.56. The van der Waals surface area contributed by atoms with Crippen molar-refractivity contribution in [3.8, 4) is 27.9 Å². The summed E-state index contributed by atoms with van der Waals surface area (Å²) in [5.74, 6) is 0.230. The van der Waals surface area contributed by atoms with E-state index in [2.05, 4.69) is 228 Å². The standard InChI is InChI=1S/C55H40N2/c1-37-48(41-24-12-5-13-25-41)33-44(40-22-10-4-11-23-40)34-53(37)57-52-29-17-15-27-47(52)50-35-54-49(36-55(50)57)46-26-14-16-28-51(46)56(54)45-31-42(38-18-6-2-7-19-38)30-43(32-45)39-20-8-3-9-21-39/h2-37,53H,1H3. The van der Waals surface area contributed by atoms with Gasteiger partial charge in [-0.2, -0.15) is 0 Å². The van der Waals surface area contributed by atoms with E-state index >= 15 is 0 Å². The first-order valence-corrected chi connectivity index (χ1v) is 20.0. The molecule has 0 spiro atoms. The van der Waals surface area contributed by atoms with E-state index in [1.54, 1.807) is 0 Å². The molecule has 1 aliphatic rings. The second-order valence-corrected chi connectivity index (χ2v) is 15.4. The van der Waals surface area contributed by atoms with Crippen LogP contribution < -0.4 is 0 Å². The van der Waals surface area contributed by atoms with E-state index < -0.39 is 0 Å². The van der Waals surface area contributed by atoms with E-state index in [9.17, 15) is 0 Å². The fourth-order valence-electron chi connectivity index (χ4n) is 9.34. The summed E-state index contributed by atoms with van der Waals surface area (Å²) in [5, 5.41) is 5.04. The van der Waals surface area contributed by atoms with Crippen molar-refractivity contribution in [1.29, 1.82) is 0 Å². The van der Waals surface area contributed by atoms with Crippen LogP contribution in [0.4, 0.5) is 0 Å². The number of rotatable bonds is 6. The third-order valence-corrected chi connectivity index (χ3v) is 12.1. The Morgan fingerprint density at radius 2 is 0.842 bits per heavy atom. The highest BCUT2D eigenvalue weighted by atomic mass is 15.0. The van der Waals surface area contributed by atoms with Gasteiger partial charge in [-0.1, -0.05) is 177 Å². The molecule has 0 aliphatic heterocycles. The van der Waals surface area contributed by atoms with Gasteiger partial charge in [-0.3, -0.25) is 0 Å². The smallest absolute Gasteiger partial charge is 0.0597 e. The first kappa shape index (κ1) is 33.2. The first-order chi connectivity index (χ1) is 28.2. The molecule has 1 aliphatic carbocycles. The molecule has 8 aromatic carbocycles. The molecule has 2 nitrogen and oxygen atoms in total. The molecule has 2 atom stereocenters. The summed E-state index contributed by atoms with van der Waals surface area (Å²) in [5.41, 5.74) is 16.0. The van der Waals surface area contributed by atoms with Crippen molar-refractivity contribution < 1.29 is 0 Å². The Morgan fingerprint density at radius 1 is 0.368 bits per heavy atom. The Hall–Kier alpha value is -7.16. The molecular formula is C55H40N2. The SMILES string of the molecule is CC1C(c2ccccc2)=CC(c2ccccc2)=CC1n1c2ccccc2c2cc3c(cc21)c1ccccc1n3-c1cc(-c2ccccc2)cc(-c2ccccc2)c1. The zero-order valence-electron chi connectivity index (χ0n) is 31.8. The Bertz CT molecular complexity index is 3110. The molecule has 2 unspecified atom stereocenters. The van der Waals surface area contributed by atoms with Crippen LogP contribution in [-0.4, -0.2) is 9.13 Å². The van der Waals surface area contributed by atoms with Crippen LogP contribution >= 0.6 is 0 Å². The molecule has 2 heteroatoms. The van der Waals surface area contributed by atoms with Gasteiger partial charge in [0, 0.05) is 38.7 Å². The van der Waals surface area contributed by atoms with Crippen molar-refractivity contribution in [3.05, 3.63) is 223 Å². The summed E-state index contributed by atoms with van der Waals surface area (Å²) >= 11 is 0. The van der Waals surface area contributed by atoms with Crippen LogP contribution in [0, 0.1) is 5.92 Å². The molecule has 0 radical (unpaired) electrons. The number of benzene rings is 8. The Kier molecular flexibility index (Phi) is 7.89. The maximum atomic E-state index is 2.63. The summed E-state index contributed by atoms with van der Waals surface area (Å²) in [6, 6.07) is 73.3. The summed E-state index contributed by atoms with van der Waals surface area (Å²) in [6.07, 6.45) is 4.92. The largest absolute Gasteiger partial charge is 0.333 e. The maximum absolute atomic E-state index is 2.63. The molecule has 0 saturated heterocycles. The fraction of sp³-hybridized carbons (Fsp3) is 0.0545. The van der Waals surface area contributed by atoms with Gasteiger partial charge < -0.3 is 9.13 Å². The zero-order chi connectivity index (χ0) is 37.9. The second kappa shape index (κ2) is 13.5. The lowest BCUT2D eigenvalue weighted by molar-refractivity contribution is 0.525. The van der Waals surface area contributed by atoms with Gasteiger partial charge in [0.1, 0.15) is 0 Å². The van der Waals surface area contributed by atoms with Crippen LogP contribution in [0.1, 0.15) is 24.1 Å². The summed E-state index contributed by atoms with van der Waals surface area (Å²) in [7, 11) is 0. The quantitative estimate of drug-likeness (QED) is 0.161. The monoisotopic (exact) mass is 728 g/mol. The van der Waals surface area contributed by atoms with E-state index in [4.69, 9.17) is 0 Å². The minimum Gasteiger partial charge on any atom is -0.333 e. The summed E-state index contributed by atoms with van der Waals surface area (Å²) in [4.78, 5) is 0. The van der Waals surface area contributed by atoms with Gasteiger partial charge in [0.2, 0.25) is 0 Å². The van der Waals surface area contributed by atoms with Crippen LogP contribution in [0.25, 0.3) is 82.7 Å². The molecule has 10 aromatic rings. The van der Waals surface area contributed by atoms with Gasteiger partial charge in [0.25, 0.3) is 0 Å². The number of para-hydroxylation sites is 2. The van der Waals surface area contributed by atoms with Gasteiger partial charge in [0.15, 0.2) is 0 Å². The highest BCUT2D eigenvalue weighted by Crippen LogP contribution is 2.46. The lowest BCUT2D eigenvalue weighted by Gasteiger charge is -2.32. The molecule has 270 valence electrons. The molecule has 2 heterocycles. The van der Waals surface area contributed by atoms with E-state index in [-0.39, 0.29) is 12.0 Å². The van der Waals surface area contributed by atoms with Gasteiger partial charge in [-0.05, 0) is 87.0 Å². The molecule has 0 bridgehead atoms. The van der Waals surface area contributed by atoms with Crippen molar-refractivity contribution in [2.75, 3.05) is 0 Å². The van der Waals surface area contributed by atoms with Gasteiger partial charge in [-0.15, -0.1) is 0 Å². The molecule has 2 aromatic heterocycles. The maximum Gasteiger partial charge on any atom is 0.0597 e. The van der Waals surface area contributed by atoms with Crippen LogP contribution in [0.3, 0.4) is 0 Å². The Balaban J connectivity index is 1.18. The second-order valence-electron chi connectivity index (χ2n) is 15.4. The minimum absolute atomic E-state index is 0.0876. The highest BCUT2D eigenvalue weighted by molar-refractivity contribution is 6.18. The first-order valence-electron chi connectivity index (χ1n) is 20.0. The predicted molar refractivity (Wildman–Crippen MR) is 242 cm³/mol. The number of hydrogen-bond donors (Lipinski definition) is 0. The summed E-state index contributed by atoms with van der Waals surface area (Å²) < 4.78 is 5.12. The van der Waals surface area contributed by atoms with Crippen molar-refractivity contribution in [1.82, 2.24) is 9.13 Å². The van der Waals surface area contributed by atoms with E-state index in [0.717, 1.165) is 5.69 Å². The highest BCUT2D eigenvalue weighted by Gasteiger charge is 2.30. The predicted octanol–water partition coefficient (Wildman–Crippen LogP) is 14.6. The van der Waals surface area contributed by atoms with Crippen LogP contribution in [0.15, 0.2) is 212 Å². The lowest BCUT2D eigenvalue weighted by Crippen LogP contribution is -2.20. The number of allylic oxidation sites excluding steroid dienone is 4. The lowest BCUT2D eigenvalue weighted by atomic mass is 9.80. The van der Waals surface area contributed by atoms with Gasteiger partial charge in [-0.25, -0.2) is 0 Å². The number of nitrogens with zero attached hydrogens (tertiary/aromatic N) is 2. The number of aromatic nitrogens is 2. The number of hydrogen-bond acceptors (Lipinski definition) is 0. The van der Waals surface area contributed by atoms with Crippen molar-refractivity contribution in [2.24, 2.45) is 5.92 Å². The molecule has 11 rings (SSSR count). The minimum atomic E-state index is 0.0876. The van der Waals surface area contributed by atoms with Gasteiger partial charge >= 0.3 is 0 Å².